The molecule has 2 aromatic rings. The predicted octanol–water partition coefficient (Wildman–Crippen LogP) is 5.75. The highest BCUT2D eigenvalue weighted by Crippen LogP contribution is 2.34. The van der Waals surface area contributed by atoms with Crippen LogP contribution in [0.25, 0.3) is 0 Å². The minimum atomic E-state index is 0.495. The Morgan fingerprint density at radius 2 is 2.00 bits per heavy atom. The zero-order valence-corrected chi connectivity index (χ0v) is 14.6. The largest absolute Gasteiger partial charge is 0.310 e. The van der Waals surface area contributed by atoms with Crippen molar-refractivity contribution in [3.63, 3.8) is 0 Å². The number of benzene rings is 2. The molecule has 0 radical (unpaired) electrons. The van der Waals surface area contributed by atoms with E-state index >= 15 is 0 Å². The van der Waals surface area contributed by atoms with Crippen molar-refractivity contribution in [1.29, 1.82) is 0 Å². The van der Waals surface area contributed by atoms with Crippen LogP contribution in [-0.4, -0.2) is 6.04 Å². The summed E-state index contributed by atoms with van der Waals surface area (Å²) in [6.45, 7) is 5.19. The molecular weight excluding hydrogens is 354 g/mol. The smallest absolute Gasteiger partial charge is 0.0417 e. The molecule has 2 aromatic carbocycles. The Hall–Kier alpha value is -0.480. The van der Waals surface area contributed by atoms with Crippen LogP contribution in [0.1, 0.15) is 19.4 Å². The van der Waals surface area contributed by atoms with Crippen LogP contribution in [0.2, 0.25) is 5.02 Å². The number of nitrogens with one attached hydrogen (secondary N) is 1. The van der Waals surface area contributed by atoms with Gasteiger partial charge in [0.15, 0.2) is 0 Å². The van der Waals surface area contributed by atoms with Crippen molar-refractivity contribution >= 4 is 39.3 Å². The second-order valence-electron chi connectivity index (χ2n) is 4.86. The average Bonchev–Trinajstić information content (AvgIpc) is 2.39. The summed E-state index contributed by atoms with van der Waals surface area (Å²) in [4.78, 5) is 2.34. The molecule has 0 spiro atoms. The molecule has 1 N–H and O–H groups in total. The molecule has 0 aromatic heterocycles. The zero-order valence-electron chi connectivity index (χ0n) is 11.5. The van der Waals surface area contributed by atoms with Gasteiger partial charge in [0.1, 0.15) is 0 Å². The van der Waals surface area contributed by atoms with Crippen LogP contribution in [0.3, 0.4) is 0 Å². The first-order valence-corrected chi connectivity index (χ1v) is 8.48. The molecule has 0 fully saturated rings. The summed E-state index contributed by atoms with van der Waals surface area (Å²) in [6.07, 6.45) is 0. The summed E-state index contributed by atoms with van der Waals surface area (Å²) < 4.78 is 1.12. The van der Waals surface area contributed by atoms with Crippen LogP contribution in [0.15, 0.2) is 56.7 Å². The van der Waals surface area contributed by atoms with E-state index in [9.17, 15) is 0 Å². The van der Waals surface area contributed by atoms with Gasteiger partial charge in [0.2, 0.25) is 0 Å². The van der Waals surface area contributed by atoms with E-state index < -0.39 is 0 Å². The second kappa shape index (κ2) is 7.51. The van der Waals surface area contributed by atoms with Gasteiger partial charge in [-0.15, -0.1) is 0 Å². The van der Waals surface area contributed by atoms with Gasteiger partial charge in [0.05, 0.1) is 0 Å². The summed E-state index contributed by atoms with van der Waals surface area (Å²) in [6, 6.07) is 14.9. The Bertz CT molecular complexity index is 586. The Kier molecular flexibility index (Phi) is 5.97. The normalized spacial score (nSPS) is 11.1. The van der Waals surface area contributed by atoms with Crippen molar-refractivity contribution in [3.8, 4) is 0 Å². The monoisotopic (exact) mass is 369 g/mol. The van der Waals surface area contributed by atoms with Gasteiger partial charge in [-0.2, -0.15) is 0 Å². The molecule has 0 unspecified atom stereocenters. The van der Waals surface area contributed by atoms with Gasteiger partial charge >= 0.3 is 0 Å². The number of halogens is 2. The predicted molar refractivity (Wildman–Crippen MR) is 91.7 cm³/mol. The van der Waals surface area contributed by atoms with E-state index in [-0.39, 0.29) is 0 Å². The molecule has 0 atom stereocenters. The summed E-state index contributed by atoms with van der Waals surface area (Å²) in [5, 5.41) is 4.19. The van der Waals surface area contributed by atoms with Crippen molar-refractivity contribution in [2.24, 2.45) is 0 Å². The Morgan fingerprint density at radius 3 is 2.65 bits per heavy atom. The second-order valence-corrected chi connectivity index (χ2v) is 7.27. The molecule has 4 heteroatoms. The topological polar surface area (TPSA) is 12.0 Å². The molecule has 0 saturated carbocycles. The quantitative estimate of drug-likeness (QED) is 0.719. The number of hydrogen-bond acceptors (Lipinski definition) is 2. The summed E-state index contributed by atoms with van der Waals surface area (Å²) in [5.74, 6) is 0. The highest BCUT2D eigenvalue weighted by Gasteiger charge is 2.05. The van der Waals surface area contributed by atoms with Gasteiger partial charge in [-0.3, -0.25) is 0 Å². The first-order chi connectivity index (χ1) is 9.54. The average molecular weight is 371 g/mol. The minimum Gasteiger partial charge on any atom is -0.310 e. The van der Waals surface area contributed by atoms with Crippen LogP contribution in [0.5, 0.6) is 0 Å². The molecule has 2 rings (SSSR count). The van der Waals surface area contributed by atoms with Crippen LogP contribution in [0, 0.1) is 0 Å². The first kappa shape index (κ1) is 15.9. The maximum atomic E-state index is 6.01. The highest BCUT2D eigenvalue weighted by atomic mass is 79.9. The van der Waals surface area contributed by atoms with Crippen LogP contribution < -0.4 is 5.32 Å². The molecular formula is C16H17BrClNS. The van der Waals surface area contributed by atoms with Crippen molar-refractivity contribution in [1.82, 2.24) is 5.32 Å². The third-order valence-corrected chi connectivity index (χ3v) is 4.95. The van der Waals surface area contributed by atoms with E-state index in [1.54, 1.807) is 11.8 Å². The molecule has 0 aliphatic rings. The number of rotatable bonds is 5. The maximum Gasteiger partial charge on any atom is 0.0417 e. The lowest BCUT2D eigenvalue weighted by Crippen LogP contribution is -2.21. The fraction of sp³-hybridized carbons (Fsp3) is 0.250. The molecule has 20 heavy (non-hydrogen) atoms. The van der Waals surface area contributed by atoms with E-state index in [0.29, 0.717) is 6.04 Å². The van der Waals surface area contributed by atoms with Crippen molar-refractivity contribution in [3.05, 3.63) is 57.5 Å². The molecule has 106 valence electrons. The molecule has 0 aliphatic carbocycles. The lowest BCUT2D eigenvalue weighted by atomic mass is 10.2. The fourth-order valence-electron chi connectivity index (χ4n) is 1.72. The minimum absolute atomic E-state index is 0.495. The maximum absolute atomic E-state index is 6.01. The molecule has 1 nitrogen and oxygen atoms in total. The van der Waals surface area contributed by atoms with E-state index in [0.717, 1.165) is 20.9 Å². The van der Waals surface area contributed by atoms with E-state index in [1.165, 1.54) is 10.5 Å². The molecule has 0 aliphatic heterocycles. The van der Waals surface area contributed by atoms with Gasteiger partial charge < -0.3 is 5.32 Å². The van der Waals surface area contributed by atoms with Gasteiger partial charge in [0, 0.05) is 31.9 Å². The van der Waals surface area contributed by atoms with E-state index in [1.807, 2.05) is 18.2 Å². The van der Waals surface area contributed by atoms with Gasteiger partial charge in [-0.05, 0) is 51.8 Å². The lowest BCUT2D eigenvalue weighted by molar-refractivity contribution is 0.588. The van der Waals surface area contributed by atoms with Crippen LogP contribution in [0.4, 0.5) is 0 Å². The van der Waals surface area contributed by atoms with Crippen LogP contribution >= 0.6 is 39.3 Å². The third-order valence-electron chi connectivity index (χ3n) is 2.73. The summed E-state index contributed by atoms with van der Waals surface area (Å²) in [7, 11) is 0. The molecule has 0 bridgehead atoms. The summed E-state index contributed by atoms with van der Waals surface area (Å²) >= 11 is 11.4. The Morgan fingerprint density at radius 1 is 1.20 bits per heavy atom. The highest BCUT2D eigenvalue weighted by molar-refractivity contribution is 9.10. The SMILES string of the molecule is CC(C)NCc1ccc(Sc2cccc(Cl)c2)c(Br)c1. The fourth-order valence-corrected chi connectivity index (χ4v) is 3.52. The third kappa shape index (κ3) is 4.81. The van der Waals surface area contributed by atoms with Crippen molar-refractivity contribution in [2.45, 2.75) is 36.2 Å². The standard InChI is InChI=1S/C16H17BrClNS/c1-11(2)19-10-12-6-7-16(15(17)8-12)20-14-5-3-4-13(18)9-14/h3-9,11,19H,10H2,1-2H3. The first-order valence-electron chi connectivity index (χ1n) is 6.50. The van der Waals surface area contributed by atoms with Crippen LogP contribution in [-0.2, 0) is 6.54 Å². The molecule has 0 saturated heterocycles. The molecule has 0 heterocycles. The Labute approximate surface area is 138 Å². The van der Waals surface area contributed by atoms with Crippen molar-refractivity contribution < 1.29 is 0 Å². The Balaban J connectivity index is 2.09. The van der Waals surface area contributed by atoms with Gasteiger partial charge in [-0.1, -0.05) is 49.3 Å². The lowest BCUT2D eigenvalue weighted by Gasteiger charge is -2.10. The van der Waals surface area contributed by atoms with E-state index in [4.69, 9.17) is 11.6 Å². The number of hydrogen-bond donors (Lipinski definition) is 1. The van der Waals surface area contributed by atoms with E-state index in [2.05, 4.69) is 59.4 Å². The zero-order chi connectivity index (χ0) is 14.5. The summed E-state index contributed by atoms with van der Waals surface area (Å²) in [5.41, 5.74) is 1.28. The molecule has 0 amide bonds. The van der Waals surface area contributed by atoms with Crippen molar-refractivity contribution in [2.75, 3.05) is 0 Å². The van der Waals surface area contributed by atoms with Gasteiger partial charge in [-0.25, -0.2) is 0 Å². The van der Waals surface area contributed by atoms with Gasteiger partial charge in [0.25, 0.3) is 0 Å².